The number of methoxy groups -OCH3 is 1. The van der Waals surface area contributed by atoms with Crippen molar-refractivity contribution in [3.05, 3.63) is 61.0 Å². The van der Waals surface area contributed by atoms with Gasteiger partial charge in [-0.2, -0.15) is 0 Å². The van der Waals surface area contributed by atoms with Crippen LogP contribution in [0.25, 0.3) is 10.9 Å². The zero-order chi connectivity index (χ0) is 22.9. The monoisotopic (exact) mass is 445 g/mol. The fourth-order valence-electron chi connectivity index (χ4n) is 3.26. The fraction of sp³-hybridized carbons (Fsp3) is 0.350. The summed E-state index contributed by atoms with van der Waals surface area (Å²) in [5.41, 5.74) is 4.48. The largest absolute Gasteiger partial charge is 0.384 e. The molecule has 0 spiro atoms. The van der Waals surface area contributed by atoms with E-state index in [9.17, 15) is 19.2 Å². The average Bonchev–Trinajstić information content (AvgIpc) is 2.75. The Kier molecular flexibility index (Phi) is 6.46. The van der Waals surface area contributed by atoms with Crippen LogP contribution in [0.3, 0.4) is 0 Å². The van der Waals surface area contributed by atoms with Gasteiger partial charge >= 0.3 is 5.69 Å². The van der Waals surface area contributed by atoms with Gasteiger partial charge in [-0.1, -0.05) is 23.9 Å². The molecular formula is C20H23N5O5S. The number of carbonyl (C=O) groups excluding carboxylic acids is 1. The molecule has 0 aliphatic rings. The maximum absolute atomic E-state index is 13.1. The molecule has 10 nitrogen and oxygen atoms in total. The highest BCUT2D eigenvalue weighted by atomic mass is 32.2. The lowest BCUT2D eigenvalue weighted by atomic mass is 10.2. The van der Waals surface area contributed by atoms with Crippen LogP contribution >= 0.6 is 11.8 Å². The Balaban J connectivity index is 2.04. The van der Waals surface area contributed by atoms with Crippen LogP contribution in [0.2, 0.25) is 0 Å². The summed E-state index contributed by atoms with van der Waals surface area (Å²) >= 11 is 1.02. The van der Waals surface area contributed by atoms with Crippen molar-refractivity contribution >= 4 is 34.3 Å². The molecule has 3 rings (SSSR count). The minimum absolute atomic E-state index is 0.192. The molecule has 31 heavy (non-hydrogen) atoms. The van der Waals surface area contributed by atoms with Crippen molar-refractivity contribution in [2.24, 2.45) is 14.1 Å². The third kappa shape index (κ3) is 4.06. The van der Waals surface area contributed by atoms with E-state index in [1.807, 2.05) is 6.92 Å². The first kappa shape index (κ1) is 22.5. The highest BCUT2D eigenvalue weighted by Crippen LogP contribution is 2.22. The van der Waals surface area contributed by atoms with E-state index < -0.39 is 17.0 Å². The number of ether oxygens (including phenoxy) is 1. The molecule has 0 bridgehead atoms. The van der Waals surface area contributed by atoms with Gasteiger partial charge in [-0.3, -0.25) is 28.1 Å². The normalized spacial score (nSPS) is 12.3. The summed E-state index contributed by atoms with van der Waals surface area (Å²) in [7, 11) is 4.20. The first-order valence-corrected chi connectivity index (χ1v) is 10.4. The van der Waals surface area contributed by atoms with Gasteiger partial charge in [-0.15, -0.1) is 0 Å². The Morgan fingerprint density at radius 2 is 1.84 bits per heavy atom. The molecule has 0 saturated heterocycles. The summed E-state index contributed by atoms with van der Waals surface area (Å²) in [5, 5.41) is 0.777. The number of fused-ring (bicyclic) bond motifs is 1. The van der Waals surface area contributed by atoms with Crippen LogP contribution in [-0.2, 0) is 18.8 Å². The molecule has 0 unspecified atom stereocenters. The van der Waals surface area contributed by atoms with Gasteiger partial charge in [0.2, 0.25) is 0 Å². The van der Waals surface area contributed by atoms with Gasteiger partial charge in [-0.05, 0) is 19.1 Å². The lowest BCUT2D eigenvalue weighted by Crippen LogP contribution is -2.41. The van der Waals surface area contributed by atoms with E-state index in [1.54, 1.807) is 24.3 Å². The van der Waals surface area contributed by atoms with Gasteiger partial charge in [0.25, 0.3) is 11.1 Å². The molecule has 0 amide bonds. The van der Waals surface area contributed by atoms with Crippen molar-refractivity contribution in [3.63, 3.8) is 0 Å². The van der Waals surface area contributed by atoms with E-state index in [-0.39, 0.29) is 35.3 Å². The second-order valence-corrected chi connectivity index (χ2v) is 8.01. The smallest absolute Gasteiger partial charge is 0.332 e. The molecule has 2 heterocycles. The number of rotatable bonds is 7. The summed E-state index contributed by atoms with van der Waals surface area (Å²) < 4.78 is 8.54. The number of ketones is 1. The molecule has 164 valence electrons. The molecule has 1 atom stereocenters. The molecule has 0 saturated carbocycles. The lowest BCUT2D eigenvalue weighted by Gasteiger charge is -2.19. The van der Waals surface area contributed by atoms with Crippen LogP contribution in [0.1, 0.15) is 23.3 Å². The van der Waals surface area contributed by atoms with Gasteiger partial charge in [0.15, 0.2) is 10.9 Å². The van der Waals surface area contributed by atoms with E-state index in [4.69, 9.17) is 10.5 Å². The van der Waals surface area contributed by atoms with Crippen LogP contribution < -0.4 is 22.5 Å². The van der Waals surface area contributed by atoms with Gasteiger partial charge in [0, 0.05) is 21.2 Å². The van der Waals surface area contributed by atoms with Gasteiger partial charge in [0.05, 0.1) is 29.3 Å². The number of nitrogen functional groups attached to an aromatic ring is 1. The Morgan fingerprint density at radius 3 is 2.52 bits per heavy atom. The molecule has 0 aliphatic heterocycles. The molecule has 2 N–H and O–H groups in total. The summed E-state index contributed by atoms with van der Waals surface area (Å²) in [5.74, 6) is -0.954. The minimum Gasteiger partial charge on any atom is -0.384 e. The molecular weight excluding hydrogens is 422 g/mol. The van der Waals surface area contributed by atoms with Gasteiger partial charge in [0.1, 0.15) is 11.4 Å². The third-order valence-electron chi connectivity index (χ3n) is 4.95. The van der Waals surface area contributed by atoms with Crippen LogP contribution in [-0.4, -0.2) is 43.9 Å². The maximum atomic E-state index is 13.1. The predicted octanol–water partition coefficient (Wildman–Crippen LogP) is 0.559. The Hall–Kier alpha value is -3.18. The zero-order valence-corrected chi connectivity index (χ0v) is 18.4. The van der Waals surface area contributed by atoms with Gasteiger partial charge < -0.3 is 10.5 Å². The number of thioether (sulfide) groups is 1. The van der Waals surface area contributed by atoms with Crippen LogP contribution in [0.4, 0.5) is 5.82 Å². The number of Topliss-reactive ketones (excluding diaryl/α,β-unsaturated/α-hetero) is 1. The van der Waals surface area contributed by atoms with E-state index in [0.717, 1.165) is 20.9 Å². The van der Waals surface area contributed by atoms with Crippen LogP contribution in [0.5, 0.6) is 0 Å². The number of para-hydroxylation sites is 1. The summed E-state index contributed by atoms with van der Waals surface area (Å²) in [6.07, 6.45) is 0. The van der Waals surface area contributed by atoms with Crippen molar-refractivity contribution in [3.8, 4) is 0 Å². The molecule has 3 aromatic rings. The molecule has 1 aromatic carbocycles. The number of carbonyl (C=O) groups is 1. The second-order valence-electron chi connectivity index (χ2n) is 7.07. The highest BCUT2D eigenvalue weighted by molar-refractivity contribution is 7.99. The minimum atomic E-state index is -0.761. The number of nitrogens with two attached hydrogens (primary N) is 1. The predicted molar refractivity (Wildman–Crippen MR) is 119 cm³/mol. The van der Waals surface area contributed by atoms with E-state index in [1.165, 1.54) is 25.8 Å². The number of nitrogens with zero attached hydrogens (tertiary/aromatic N) is 4. The Labute approximate surface area is 181 Å². The SMILES string of the molecule is COC[C@@H](C)n1c(SCC(=O)c2c(N)n(C)c(=O)n(C)c2=O)nc2ccccc2c1=O. The summed E-state index contributed by atoms with van der Waals surface area (Å²) in [4.78, 5) is 54.9. The van der Waals surface area contributed by atoms with Crippen molar-refractivity contribution in [1.29, 1.82) is 0 Å². The van der Waals surface area contributed by atoms with E-state index >= 15 is 0 Å². The Bertz CT molecular complexity index is 1340. The standard InChI is InChI=1S/C20H23N5O5S/c1-11(9-30-4)25-17(27)12-7-5-6-8-13(12)22-19(25)31-10-14(26)15-16(21)23(2)20(29)24(3)18(15)28/h5-8,11H,9-10,21H2,1-4H3/t11-/m1/s1. The zero-order valence-electron chi connectivity index (χ0n) is 17.6. The Morgan fingerprint density at radius 1 is 1.16 bits per heavy atom. The molecule has 2 aromatic heterocycles. The summed E-state index contributed by atoms with van der Waals surface area (Å²) in [6.45, 7) is 2.09. The quantitative estimate of drug-likeness (QED) is 0.317. The van der Waals surface area contributed by atoms with E-state index in [2.05, 4.69) is 4.98 Å². The average molecular weight is 446 g/mol. The number of hydrogen-bond acceptors (Lipinski definition) is 8. The summed E-state index contributed by atoms with van der Waals surface area (Å²) in [6, 6.07) is 6.60. The van der Waals surface area contributed by atoms with Crippen LogP contribution in [0, 0.1) is 0 Å². The maximum Gasteiger partial charge on any atom is 0.332 e. The van der Waals surface area contributed by atoms with Gasteiger partial charge in [-0.25, -0.2) is 9.78 Å². The van der Waals surface area contributed by atoms with Crippen molar-refractivity contribution in [2.75, 3.05) is 25.2 Å². The number of aromatic nitrogens is 4. The second kappa shape index (κ2) is 8.90. The van der Waals surface area contributed by atoms with Crippen molar-refractivity contribution in [1.82, 2.24) is 18.7 Å². The third-order valence-corrected chi connectivity index (χ3v) is 5.90. The van der Waals surface area contributed by atoms with Crippen LogP contribution in [0.15, 0.2) is 43.8 Å². The topological polar surface area (TPSA) is 131 Å². The number of benzene rings is 1. The first-order valence-electron chi connectivity index (χ1n) is 9.40. The molecule has 0 radical (unpaired) electrons. The number of hydrogen-bond donors (Lipinski definition) is 1. The number of anilines is 1. The van der Waals surface area contributed by atoms with Crippen molar-refractivity contribution < 1.29 is 9.53 Å². The van der Waals surface area contributed by atoms with Crippen molar-refractivity contribution in [2.45, 2.75) is 18.1 Å². The van der Waals surface area contributed by atoms with E-state index in [0.29, 0.717) is 16.1 Å². The first-order chi connectivity index (χ1) is 14.7. The molecule has 11 heteroatoms. The lowest BCUT2D eigenvalue weighted by molar-refractivity contribution is 0.102. The molecule has 0 fully saturated rings. The molecule has 0 aliphatic carbocycles. The fourth-order valence-corrected chi connectivity index (χ4v) is 4.23. The highest BCUT2D eigenvalue weighted by Gasteiger charge is 2.22.